The van der Waals surface area contributed by atoms with Crippen LogP contribution in [0.5, 0.6) is 0 Å². The molecule has 1 fully saturated rings. The van der Waals surface area contributed by atoms with Gasteiger partial charge in [0.1, 0.15) is 6.61 Å². The summed E-state index contributed by atoms with van der Waals surface area (Å²) >= 11 is 3.57. The third-order valence-electron chi connectivity index (χ3n) is 3.77. The largest absolute Gasteiger partial charge is 0.445 e. The third kappa shape index (κ3) is 4.23. The number of carbonyl (C=O) groups is 1. The first kappa shape index (κ1) is 14.4. The molecule has 0 atom stereocenters. The second-order valence-corrected chi connectivity index (χ2v) is 5.82. The van der Waals surface area contributed by atoms with Crippen molar-refractivity contribution in [2.24, 2.45) is 5.41 Å². The average molecular weight is 326 g/mol. The number of hydrogen-bond donors (Lipinski definition) is 1. The van der Waals surface area contributed by atoms with E-state index in [9.17, 15) is 4.79 Å². The van der Waals surface area contributed by atoms with Gasteiger partial charge in [0.25, 0.3) is 0 Å². The zero-order valence-corrected chi connectivity index (χ0v) is 12.6. The number of halogens is 1. The van der Waals surface area contributed by atoms with Gasteiger partial charge in [0.2, 0.25) is 0 Å². The number of hydrogen-bond acceptors (Lipinski definition) is 2. The molecular weight excluding hydrogens is 306 g/mol. The first-order valence-corrected chi connectivity index (χ1v) is 7.87. The summed E-state index contributed by atoms with van der Waals surface area (Å²) in [5.74, 6) is 0. The summed E-state index contributed by atoms with van der Waals surface area (Å²) < 4.78 is 5.21. The van der Waals surface area contributed by atoms with Crippen molar-refractivity contribution in [2.75, 3.05) is 11.9 Å². The molecule has 1 aliphatic rings. The Hall–Kier alpha value is -1.03. The van der Waals surface area contributed by atoms with E-state index in [4.69, 9.17) is 4.74 Å². The molecule has 0 aromatic heterocycles. The maximum Gasteiger partial charge on any atom is 0.407 e. The van der Waals surface area contributed by atoms with E-state index in [1.54, 1.807) is 0 Å². The molecule has 1 amide bonds. The van der Waals surface area contributed by atoms with Crippen LogP contribution in [0.3, 0.4) is 0 Å². The van der Waals surface area contributed by atoms with Crippen molar-refractivity contribution in [3.05, 3.63) is 35.9 Å². The van der Waals surface area contributed by atoms with Crippen LogP contribution in [0.4, 0.5) is 4.79 Å². The van der Waals surface area contributed by atoms with Gasteiger partial charge in [0.15, 0.2) is 0 Å². The van der Waals surface area contributed by atoms with E-state index >= 15 is 0 Å². The van der Waals surface area contributed by atoms with Crippen molar-refractivity contribution >= 4 is 22.0 Å². The molecule has 0 aliphatic heterocycles. The molecule has 104 valence electrons. The van der Waals surface area contributed by atoms with Crippen LogP contribution in [0.25, 0.3) is 0 Å². The highest BCUT2D eigenvalue weighted by Crippen LogP contribution is 2.38. The van der Waals surface area contributed by atoms with Crippen molar-refractivity contribution in [3.63, 3.8) is 0 Å². The number of alkyl carbamates (subject to hydrolysis) is 1. The Morgan fingerprint density at radius 3 is 2.58 bits per heavy atom. The maximum atomic E-state index is 11.7. The fraction of sp³-hybridized carbons (Fsp3) is 0.533. The van der Waals surface area contributed by atoms with Crippen LogP contribution < -0.4 is 5.32 Å². The van der Waals surface area contributed by atoms with Crippen LogP contribution in [0.1, 0.15) is 31.2 Å². The number of rotatable bonds is 5. The van der Waals surface area contributed by atoms with E-state index < -0.39 is 0 Å². The van der Waals surface area contributed by atoms with E-state index in [0.29, 0.717) is 13.2 Å². The Morgan fingerprint density at radius 2 is 1.95 bits per heavy atom. The van der Waals surface area contributed by atoms with Crippen LogP contribution >= 0.6 is 15.9 Å². The second-order valence-electron chi connectivity index (χ2n) is 5.26. The normalized spacial score (nSPS) is 17.1. The second kappa shape index (κ2) is 6.94. The topological polar surface area (TPSA) is 38.3 Å². The summed E-state index contributed by atoms with van der Waals surface area (Å²) in [5.41, 5.74) is 1.24. The zero-order valence-electron chi connectivity index (χ0n) is 11.0. The van der Waals surface area contributed by atoms with Crippen molar-refractivity contribution in [1.29, 1.82) is 0 Å². The van der Waals surface area contributed by atoms with E-state index in [2.05, 4.69) is 21.2 Å². The van der Waals surface area contributed by atoms with Gasteiger partial charge in [-0.15, -0.1) is 0 Å². The molecule has 0 bridgehead atoms. The molecule has 1 saturated carbocycles. The van der Waals surface area contributed by atoms with Crippen LogP contribution in [0.15, 0.2) is 30.3 Å². The van der Waals surface area contributed by atoms with Gasteiger partial charge in [0, 0.05) is 11.9 Å². The molecule has 0 saturated heterocycles. The lowest BCUT2D eigenvalue weighted by atomic mass is 9.89. The summed E-state index contributed by atoms with van der Waals surface area (Å²) in [4.78, 5) is 11.7. The summed E-state index contributed by atoms with van der Waals surface area (Å²) in [7, 11) is 0. The summed E-state index contributed by atoms with van der Waals surface area (Å²) in [6.07, 6.45) is 4.55. The molecule has 0 spiro atoms. The van der Waals surface area contributed by atoms with Gasteiger partial charge in [0.05, 0.1) is 0 Å². The minimum absolute atomic E-state index is 0.228. The molecule has 2 rings (SSSR count). The van der Waals surface area contributed by atoms with E-state index in [0.717, 1.165) is 10.9 Å². The number of amides is 1. The van der Waals surface area contributed by atoms with Crippen molar-refractivity contribution < 1.29 is 9.53 Å². The predicted molar refractivity (Wildman–Crippen MR) is 79.3 cm³/mol. The van der Waals surface area contributed by atoms with Crippen molar-refractivity contribution in [2.45, 2.75) is 32.3 Å². The molecule has 4 heteroatoms. The summed E-state index contributed by atoms with van der Waals surface area (Å²) in [6, 6.07) is 9.72. The third-order valence-corrected chi connectivity index (χ3v) is 4.96. The monoisotopic (exact) mass is 325 g/mol. The molecule has 1 aliphatic carbocycles. The van der Waals surface area contributed by atoms with Gasteiger partial charge < -0.3 is 10.1 Å². The SMILES string of the molecule is O=C(NCC1(CBr)CCCC1)OCc1ccccc1. The van der Waals surface area contributed by atoms with Gasteiger partial charge in [-0.3, -0.25) is 0 Å². The van der Waals surface area contributed by atoms with Gasteiger partial charge in [-0.05, 0) is 23.8 Å². The molecule has 19 heavy (non-hydrogen) atoms. The quantitative estimate of drug-likeness (QED) is 0.834. The van der Waals surface area contributed by atoms with Crippen LogP contribution in [-0.4, -0.2) is 18.0 Å². The van der Waals surface area contributed by atoms with Gasteiger partial charge in [-0.25, -0.2) is 4.79 Å². The average Bonchev–Trinajstić information content (AvgIpc) is 2.93. The fourth-order valence-electron chi connectivity index (χ4n) is 2.52. The summed E-state index contributed by atoms with van der Waals surface area (Å²) in [5, 5.41) is 3.84. The minimum Gasteiger partial charge on any atom is -0.445 e. The van der Waals surface area contributed by atoms with E-state index in [-0.39, 0.29) is 11.5 Å². The molecule has 1 N–H and O–H groups in total. The van der Waals surface area contributed by atoms with E-state index in [1.165, 1.54) is 25.7 Å². The number of benzene rings is 1. The lowest BCUT2D eigenvalue weighted by molar-refractivity contribution is 0.134. The van der Waals surface area contributed by atoms with Gasteiger partial charge in [-0.2, -0.15) is 0 Å². The van der Waals surface area contributed by atoms with Crippen LogP contribution in [0.2, 0.25) is 0 Å². The molecule has 3 nitrogen and oxygen atoms in total. The zero-order chi connectivity index (χ0) is 13.6. The molecule has 0 heterocycles. The maximum absolute atomic E-state index is 11.7. The smallest absolute Gasteiger partial charge is 0.407 e. The number of alkyl halides is 1. The Kier molecular flexibility index (Phi) is 5.25. The number of nitrogens with one attached hydrogen (secondary N) is 1. The molecular formula is C15H20BrNO2. The molecule has 1 aromatic rings. The Bertz CT molecular complexity index is 402. The van der Waals surface area contributed by atoms with Crippen LogP contribution in [-0.2, 0) is 11.3 Å². The van der Waals surface area contributed by atoms with Crippen LogP contribution in [0, 0.1) is 5.41 Å². The Morgan fingerprint density at radius 1 is 1.26 bits per heavy atom. The number of carbonyl (C=O) groups excluding carboxylic acids is 1. The van der Waals surface area contributed by atoms with Crippen molar-refractivity contribution in [3.8, 4) is 0 Å². The van der Waals surface area contributed by atoms with Crippen molar-refractivity contribution in [1.82, 2.24) is 5.32 Å². The highest BCUT2D eigenvalue weighted by atomic mass is 79.9. The van der Waals surface area contributed by atoms with Gasteiger partial charge >= 0.3 is 6.09 Å². The summed E-state index contributed by atoms with van der Waals surface area (Å²) in [6.45, 7) is 1.03. The number of ether oxygens (including phenoxy) is 1. The van der Waals surface area contributed by atoms with Gasteiger partial charge in [-0.1, -0.05) is 59.1 Å². The predicted octanol–water partition coefficient (Wildman–Crippen LogP) is 3.87. The standard InChI is InChI=1S/C15H20BrNO2/c16-11-15(8-4-5-9-15)12-17-14(18)19-10-13-6-2-1-3-7-13/h1-3,6-7H,4-5,8-12H2,(H,17,18). The fourth-order valence-corrected chi connectivity index (χ4v) is 3.28. The minimum atomic E-state index is -0.323. The first-order chi connectivity index (χ1) is 9.24. The molecule has 0 radical (unpaired) electrons. The lowest BCUT2D eigenvalue weighted by Gasteiger charge is -2.26. The molecule has 0 unspecified atom stereocenters. The highest BCUT2D eigenvalue weighted by Gasteiger charge is 2.33. The van der Waals surface area contributed by atoms with E-state index in [1.807, 2.05) is 30.3 Å². The first-order valence-electron chi connectivity index (χ1n) is 6.75. The lowest BCUT2D eigenvalue weighted by Crippen LogP contribution is -2.37. The molecule has 1 aromatic carbocycles. The Balaban J connectivity index is 1.72. The highest BCUT2D eigenvalue weighted by molar-refractivity contribution is 9.09. The Labute approximate surface area is 122 Å².